The molecule has 0 saturated heterocycles. The molecular formula is C20H20N4O4. The first-order valence-corrected chi connectivity index (χ1v) is 8.89. The van der Waals surface area contributed by atoms with Crippen molar-refractivity contribution < 1.29 is 19.1 Å². The van der Waals surface area contributed by atoms with E-state index in [1.165, 1.54) is 4.57 Å². The van der Waals surface area contributed by atoms with Crippen LogP contribution in [0.4, 0.5) is 0 Å². The number of pyridine rings is 2. The van der Waals surface area contributed by atoms with E-state index < -0.39 is 11.9 Å². The molecule has 0 aliphatic heterocycles. The van der Waals surface area contributed by atoms with Gasteiger partial charge in [0.2, 0.25) is 5.82 Å². The van der Waals surface area contributed by atoms with Gasteiger partial charge in [0, 0.05) is 35.9 Å². The molecule has 0 fully saturated rings. The number of imidazole rings is 1. The van der Waals surface area contributed by atoms with Crippen LogP contribution in [-0.2, 0) is 20.8 Å². The van der Waals surface area contributed by atoms with Crippen molar-refractivity contribution in [3.63, 3.8) is 0 Å². The fourth-order valence-electron chi connectivity index (χ4n) is 2.79. The molecule has 0 amide bonds. The first kappa shape index (κ1) is 19.2. The van der Waals surface area contributed by atoms with Crippen LogP contribution in [0.2, 0.25) is 0 Å². The minimum absolute atomic E-state index is 0.0209. The Kier molecular flexibility index (Phi) is 6.11. The van der Waals surface area contributed by atoms with Gasteiger partial charge in [-0.2, -0.15) is 0 Å². The van der Waals surface area contributed by atoms with Gasteiger partial charge in [0.15, 0.2) is 0 Å². The summed E-state index contributed by atoms with van der Waals surface area (Å²) in [6, 6.07) is 7.21. The van der Waals surface area contributed by atoms with Crippen LogP contribution in [0.1, 0.15) is 24.5 Å². The van der Waals surface area contributed by atoms with Crippen LogP contribution in [0.15, 0.2) is 49.1 Å². The van der Waals surface area contributed by atoms with Crippen LogP contribution in [0.3, 0.4) is 0 Å². The number of aromatic nitrogens is 4. The molecule has 28 heavy (non-hydrogen) atoms. The molecule has 0 spiro atoms. The second-order valence-corrected chi connectivity index (χ2v) is 5.73. The lowest BCUT2D eigenvalue weighted by Crippen LogP contribution is -2.20. The molecule has 3 aromatic heterocycles. The van der Waals surface area contributed by atoms with Crippen molar-refractivity contribution in [2.75, 3.05) is 13.2 Å². The molecular weight excluding hydrogens is 360 g/mol. The van der Waals surface area contributed by atoms with E-state index in [-0.39, 0.29) is 25.6 Å². The van der Waals surface area contributed by atoms with Crippen molar-refractivity contribution in [2.45, 2.75) is 20.4 Å². The van der Waals surface area contributed by atoms with Gasteiger partial charge >= 0.3 is 11.9 Å². The van der Waals surface area contributed by atoms with E-state index in [1.54, 1.807) is 50.8 Å². The van der Waals surface area contributed by atoms with Gasteiger partial charge in [0.25, 0.3) is 0 Å². The topological polar surface area (TPSA) is 96.2 Å². The molecule has 8 nitrogen and oxygen atoms in total. The summed E-state index contributed by atoms with van der Waals surface area (Å²) in [5.41, 5.74) is 2.48. The molecule has 0 aliphatic rings. The summed E-state index contributed by atoms with van der Waals surface area (Å²) in [5, 5.41) is 0. The van der Waals surface area contributed by atoms with Crippen molar-refractivity contribution in [3.8, 4) is 22.5 Å². The lowest BCUT2D eigenvalue weighted by Gasteiger charge is -2.12. The summed E-state index contributed by atoms with van der Waals surface area (Å²) in [5.74, 6) is -1.08. The highest BCUT2D eigenvalue weighted by atomic mass is 16.5. The number of carbonyl (C=O) groups excluding carboxylic acids is 2. The standard InChI is InChI=1S/C20H20N4O4/c1-3-27-16(25)13-24-18(15-8-6-10-22-12-15)17(14-7-5-9-21-11-14)23-19(24)20(26)28-4-2/h5-12H,3-4,13H2,1-2H3. The average Bonchev–Trinajstić information content (AvgIpc) is 3.09. The van der Waals surface area contributed by atoms with Crippen molar-refractivity contribution in [2.24, 2.45) is 0 Å². The third kappa shape index (κ3) is 4.06. The summed E-state index contributed by atoms with van der Waals surface area (Å²) in [6.45, 7) is 3.68. The first-order valence-electron chi connectivity index (χ1n) is 8.89. The lowest BCUT2D eigenvalue weighted by molar-refractivity contribution is -0.143. The molecule has 0 radical (unpaired) electrons. The Balaban J connectivity index is 2.24. The molecule has 0 N–H and O–H groups in total. The van der Waals surface area contributed by atoms with Gasteiger partial charge in [-0.05, 0) is 38.1 Å². The van der Waals surface area contributed by atoms with Crippen LogP contribution in [0.25, 0.3) is 22.5 Å². The highest BCUT2D eigenvalue weighted by Crippen LogP contribution is 2.32. The monoisotopic (exact) mass is 380 g/mol. The van der Waals surface area contributed by atoms with Crippen molar-refractivity contribution in [1.82, 2.24) is 19.5 Å². The average molecular weight is 380 g/mol. The molecule has 3 rings (SSSR count). The maximum Gasteiger partial charge on any atom is 0.374 e. The van der Waals surface area contributed by atoms with Gasteiger partial charge in [-0.15, -0.1) is 0 Å². The molecule has 3 heterocycles. The maximum atomic E-state index is 12.5. The predicted molar refractivity (Wildman–Crippen MR) is 101 cm³/mol. The lowest BCUT2D eigenvalue weighted by atomic mass is 10.1. The minimum Gasteiger partial charge on any atom is -0.465 e. The molecule has 0 aromatic carbocycles. The van der Waals surface area contributed by atoms with Gasteiger partial charge in [0.05, 0.1) is 24.6 Å². The quantitative estimate of drug-likeness (QED) is 0.582. The summed E-state index contributed by atoms with van der Waals surface area (Å²) in [4.78, 5) is 37.6. The Bertz CT molecular complexity index is 955. The van der Waals surface area contributed by atoms with Gasteiger partial charge in [-0.3, -0.25) is 14.8 Å². The Morgan fingerprint density at radius 2 is 1.61 bits per heavy atom. The Morgan fingerprint density at radius 3 is 2.18 bits per heavy atom. The maximum absolute atomic E-state index is 12.5. The molecule has 0 atom stereocenters. The Labute approximate surface area is 162 Å². The van der Waals surface area contributed by atoms with Crippen LogP contribution < -0.4 is 0 Å². The van der Waals surface area contributed by atoms with Gasteiger partial charge < -0.3 is 14.0 Å². The van der Waals surface area contributed by atoms with E-state index in [4.69, 9.17) is 9.47 Å². The minimum atomic E-state index is -0.618. The van der Waals surface area contributed by atoms with Crippen LogP contribution >= 0.6 is 0 Å². The smallest absolute Gasteiger partial charge is 0.374 e. The van der Waals surface area contributed by atoms with Crippen LogP contribution in [0.5, 0.6) is 0 Å². The zero-order valence-electron chi connectivity index (χ0n) is 15.7. The van der Waals surface area contributed by atoms with E-state index in [2.05, 4.69) is 15.0 Å². The highest BCUT2D eigenvalue weighted by molar-refractivity contribution is 5.91. The van der Waals surface area contributed by atoms with Crippen LogP contribution in [0, 0.1) is 0 Å². The highest BCUT2D eigenvalue weighted by Gasteiger charge is 2.26. The van der Waals surface area contributed by atoms with E-state index in [9.17, 15) is 9.59 Å². The Morgan fingerprint density at radius 1 is 0.964 bits per heavy atom. The summed E-state index contributed by atoms with van der Waals surface area (Å²) in [6.07, 6.45) is 6.58. The van der Waals surface area contributed by atoms with E-state index in [1.807, 2.05) is 12.1 Å². The molecule has 8 heteroatoms. The van der Waals surface area contributed by atoms with Crippen molar-refractivity contribution in [1.29, 1.82) is 0 Å². The number of nitrogens with zero attached hydrogens (tertiary/aromatic N) is 4. The molecule has 0 bridgehead atoms. The third-order valence-corrected chi connectivity index (χ3v) is 3.89. The zero-order chi connectivity index (χ0) is 19.9. The third-order valence-electron chi connectivity index (χ3n) is 3.89. The molecule has 144 valence electrons. The van der Waals surface area contributed by atoms with Crippen molar-refractivity contribution in [3.05, 3.63) is 54.9 Å². The zero-order valence-corrected chi connectivity index (χ0v) is 15.7. The largest absolute Gasteiger partial charge is 0.465 e. The number of rotatable bonds is 7. The number of hydrogen-bond acceptors (Lipinski definition) is 7. The molecule has 0 unspecified atom stereocenters. The predicted octanol–water partition coefficient (Wildman–Crippen LogP) is 2.75. The summed E-state index contributed by atoms with van der Waals surface area (Å²) >= 11 is 0. The van der Waals surface area contributed by atoms with Crippen molar-refractivity contribution >= 4 is 11.9 Å². The van der Waals surface area contributed by atoms with E-state index in [0.717, 1.165) is 0 Å². The SMILES string of the molecule is CCOC(=O)Cn1c(C(=O)OCC)nc(-c2cccnc2)c1-c1cccnc1. The van der Waals surface area contributed by atoms with E-state index >= 15 is 0 Å². The molecule has 3 aromatic rings. The first-order chi connectivity index (χ1) is 13.7. The fourth-order valence-corrected chi connectivity index (χ4v) is 2.79. The van der Waals surface area contributed by atoms with Crippen LogP contribution in [-0.4, -0.2) is 44.7 Å². The normalized spacial score (nSPS) is 10.5. The molecule has 0 aliphatic carbocycles. The number of carbonyl (C=O) groups is 2. The second-order valence-electron chi connectivity index (χ2n) is 5.73. The number of hydrogen-bond donors (Lipinski definition) is 0. The summed E-state index contributed by atoms with van der Waals surface area (Å²) in [7, 11) is 0. The second kappa shape index (κ2) is 8.90. The van der Waals surface area contributed by atoms with Gasteiger partial charge in [0.1, 0.15) is 6.54 Å². The van der Waals surface area contributed by atoms with E-state index in [0.29, 0.717) is 22.5 Å². The van der Waals surface area contributed by atoms with Gasteiger partial charge in [-0.25, -0.2) is 9.78 Å². The van der Waals surface area contributed by atoms with Gasteiger partial charge in [-0.1, -0.05) is 0 Å². The summed E-state index contributed by atoms with van der Waals surface area (Å²) < 4.78 is 11.7. The number of esters is 2. The Hall–Kier alpha value is -3.55. The fraction of sp³-hybridized carbons (Fsp3) is 0.250. The number of ether oxygens (including phenoxy) is 2. The molecule has 0 saturated carbocycles.